The first kappa shape index (κ1) is 14.5. The van der Waals surface area contributed by atoms with Gasteiger partial charge in [-0.15, -0.1) is 0 Å². The maximum atomic E-state index is 9.50. The molecule has 4 nitrogen and oxygen atoms in total. The number of aryl methyl sites for hydroxylation is 1. The predicted octanol–water partition coefficient (Wildman–Crippen LogP) is 1.90. The van der Waals surface area contributed by atoms with Crippen molar-refractivity contribution in [2.24, 2.45) is 0 Å². The summed E-state index contributed by atoms with van der Waals surface area (Å²) in [5, 5.41) is 17.9. The molecule has 0 aromatic carbocycles. The fourth-order valence-corrected chi connectivity index (χ4v) is 1.88. The largest absolute Gasteiger partial charge is 0.394 e. The van der Waals surface area contributed by atoms with Gasteiger partial charge < -0.3 is 10.4 Å². The summed E-state index contributed by atoms with van der Waals surface area (Å²) in [6.45, 7) is 9.50. The number of rotatable bonds is 6. The predicted molar refractivity (Wildman–Crippen MR) is 70.5 cm³/mol. The number of aliphatic hydroxyl groups is 1. The molecule has 0 saturated carbocycles. The molecule has 0 fully saturated rings. The maximum absolute atomic E-state index is 9.50. The highest BCUT2D eigenvalue weighted by molar-refractivity contribution is 6.31. The highest BCUT2D eigenvalue weighted by Gasteiger charge is 2.25. The van der Waals surface area contributed by atoms with Crippen LogP contribution in [0.4, 0.5) is 0 Å². The Labute approximate surface area is 108 Å². The third kappa shape index (κ3) is 3.44. The van der Waals surface area contributed by atoms with Gasteiger partial charge in [0.05, 0.1) is 35.1 Å². The number of aliphatic hydroxyl groups excluding tert-OH is 1. The molecule has 17 heavy (non-hydrogen) atoms. The molecule has 0 amide bonds. The number of nitrogens with one attached hydrogen (secondary N) is 1. The first-order chi connectivity index (χ1) is 7.93. The smallest absolute Gasteiger partial charge is 0.0844 e. The Balaban J connectivity index is 2.83. The third-order valence-corrected chi connectivity index (χ3v) is 3.49. The molecule has 1 aromatic heterocycles. The van der Waals surface area contributed by atoms with E-state index < -0.39 is 0 Å². The van der Waals surface area contributed by atoms with Crippen molar-refractivity contribution < 1.29 is 5.11 Å². The minimum Gasteiger partial charge on any atom is -0.394 e. The number of hydrogen-bond donors (Lipinski definition) is 2. The Morgan fingerprint density at radius 3 is 2.53 bits per heavy atom. The van der Waals surface area contributed by atoms with Gasteiger partial charge in [-0.05, 0) is 33.7 Å². The van der Waals surface area contributed by atoms with Gasteiger partial charge in [0, 0.05) is 0 Å². The van der Waals surface area contributed by atoms with Crippen LogP contribution in [0.15, 0.2) is 0 Å². The van der Waals surface area contributed by atoms with Gasteiger partial charge in [0.25, 0.3) is 0 Å². The van der Waals surface area contributed by atoms with E-state index in [1.807, 2.05) is 25.5 Å². The zero-order valence-corrected chi connectivity index (χ0v) is 11.8. The number of aromatic nitrogens is 2. The Kier molecular flexibility index (Phi) is 4.98. The Bertz CT molecular complexity index is 378. The highest BCUT2D eigenvalue weighted by Crippen LogP contribution is 2.20. The molecule has 1 unspecified atom stereocenters. The van der Waals surface area contributed by atoms with Crippen molar-refractivity contribution >= 4 is 11.6 Å². The SMILES string of the molecule is CCCNC(C)(CO)Cn1nc(C)c(Cl)c1C. The van der Waals surface area contributed by atoms with Crippen molar-refractivity contribution in [3.05, 3.63) is 16.4 Å². The van der Waals surface area contributed by atoms with Crippen LogP contribution in [0.5, 0.6) is 0 Å². The second-order valence-electron chi connectivity index (χ2n) is 4.79. The zero-order chi connectivity index (χ0) is 13.1. The first-order valence-electron chi connectivity index (χ1n) is 5.99. The molecule has 0 radical (unpaired) electrons. The standard InChI is InChI=1S/C12H22ClN3O/c1-5-6-14-12(4,8-17)7-16-10(3)11(13)9(2)15-16/h14,17H,5-8H2,1-4H3. The number of nitrogens with zero attached hydrogens (tertiary/aromatic N) is 2. The average molecular weight is 260 g/mol. The first-order valence-corrected chi connectivity index (χ1v) is 6.36. The lowest BCUT2D eigenvalue weighted by Gasteiger charge is -2.29. The molecule has 2 N–H and O–H groups in total. The van der Waals surface area contributed by atoms with Gasteiger partial charge in [0.1, 0.15) is 0 Å². The summed E-state index contributed by atoms with van der Waals surface area (Å²) in [7, 11) is 0. The van der Waals surface area contributed by atoms with Crippen LogP contribution in [-0.2, 0) is 6.54 Å². The second-order valence-corrected chi connectivity index (χ2v) is 5.17. The van der Waals surface area contributed by atoms with Crippen molar-refractivity contribution in [1.82, 2.24) is 15.1 Å². The Morgan fingerprint density at radius 2 is 2.12 bits per heavy atom. The molecular formula is C12H22ClN3O. The fraction of sp³-hybridized carbons (Fsp3) is 0.750. The van der Waals surface area contributed by atoms with Gasteiger partial charge in [-0.25, -0.2) is 0 Å². The van der Waals surface area contributed by atoms with E-state index in [9.17, 15) is 5.11 Å². The van der Waals surface area contributed by atoms with Crippen molar-refractivity contribution in [3.63, 3.8) is 0 Å². The van der Waals surface area contributed by atoms with E-state index in [1.54, 1.807) is 0 Å². The molecule has 5 heteroatoms. The van der Waals surface area contributed by atoms with Gasteiger partial charge in [0.2, 0.25) is 0 Å². The molecule has 0 aliphatic carbocycles. The van der Waals surface area contributed by atoms with E-state index in [2.05, 4.69) is 17.3 Å². The van der Waals surface area contributed by atoms with E-state index in [0.29, 0.717) is 11.6 Å². The van der Waals surface area contributed by atoms with Gasteiger partial charge in [-0.2, -0.15) is 5.10 Å². The molecule has 0 saturated heterocycles. The number of halogens is 1. The number of hydrogen-bond acceptors (Lipinski definition) is 3. The highest BCUT2D eigenvalue weighted by atomic mass is 35.5. The van der Waals surface area contributed by atoms with Crippen LogP contribution in [0.1, 0.15) is 31.7 Å². The van der Waals surface area contributed by atoms with Crippen LogP contribution in [0, 0.1) is 13.8 Å². The van der Waals surface area contributed by atoms with Gasteiger partial charge in [-0.1, -0.05) is 18.5 Å². The van der Waals surface area contributed by atoms with Crippen LogP contribution >= 0.6 is 11.6 Å². The van der Waals surface area contributed by atoms with E-state index >= 15 is 0 Å². The molecule has 1 heterocycles. The fourth-order valence-electron chi connectivity index (χ4n) is 1.75. The van der Waals surface area contributed by atoms with Crippen LogP contribution in [0.2, 0.25) is 5.02 Å². The molecule has 1 atom stereocenters. The van der Waals surface area contributed by atoms with Crippen molar-refractivity contribution in [3.8, 4) is 0 Å². The van der Waals surface area contributed by atoms with Gasteiger partial charge in [0.15, 0.2) is 0 Å². The monoisotopic (exact) mass is 259 g/mol. The van der Waals surface area contributed by atoms with Gasteiger partial charge in [-0.3, -0.25) is 4.68 Å². The summed E-state index contributed by atoms with van der Waals surface area (Å²) in [5.74, 6) is 0. The van der Waals surface area contributed by atoms with Crippen LogP contribution in [0.3, 0.4) is 0 Å². The normalized spacial score (nSPS) is 14.9. The van der Waals surface area contributed by atoms with Crippen molar-refractivity contribution in [2.75, 3.05) is 13.2 Å². The van der Waals surface area contributed by atoms with Crippen LogP contribution in [0.25, 0.3) is 0 Å². The van der Waals surface area contributed by atoms with Crippen LogP contribution in [-0.4, -0.2) is 33.6 Å². The Hall–Kier alpha value is -0.580. The second kappa shape index (κ2) is 5.85. The topological polar surface area (TPSA) is 50.1 Å². The minimum absolute atomic E-state index is 0.0724. The lowest BCUT2D eigenvalue weighted by atomic mass is 10.0. The zero-order valence-electron chi connectivity index (χ0n) is 11.0. The Morgan fingerprint density at radius 1 is 1.47 bits per heavy atom. The summed E-state index contributed by atoms with van der Waals surface area (Å²) in [6.07, 6.45) is 1.04. The van der Waals surface area contributed by atoms with Gasteiger partial charge >= 0.3 is 0 Å². The maximum Gasteiger partial charge on any atom is 0.0844 e. The summed E-state index contributed by atoms with van der Waals surface area (Å²) < 4.78 is 1.86. The summed E-state index contributed by atoms with van der Waals surface area (Å²) in [6, 6.07) is 0. The quantitative estimate of drug-likeness (QED) is 0.821. The third-order valence-electron chi connectivity index (χ3n) is 2.94. The van der Waals surface area contributed by atoms with Crippen molar-refractivity contribution in [2.45, 2.75) is 46.2 Å². The average Bonchev–Trinajstić information content (AvgIpc) is 2.54. The van der Waals surface area contributed by atoms with E-state index in [4.69, 9.17) is 11.6 Å². The lowest BCUT2D eigenvalue weighted by Crippen LogP contribution is -2.49. The van der Waals surface area contributed by atoms with E-state index in [1.165, 1.54) is 0 Å². The summed E-state index contributed by atoms with van der Waals surface area (Å²) in [4.78, 5) is 0. The summed E-state index contributed by atoms with van der Waals surface area (Å²) >= 11 is 6.11. The molecular weight excluding hydrogens is 238 g/mol. The minimum atomic E-state index is -0.359. The van der Waals surface area contributed by atoms with E-state index in [-0.39, 0.29) is 12.1 Å². The molecule has 0 spiro atoms. The molecule has 98 valence electrons. The van der Waals surface area contributed by atoms with Crippen LogP contribution < -0.4 is 5.32 Å². The molecule has 0 aliphatic rings. The molecule has 1 aromatic rings. The summed E-state index contributed by atoms with van der Waals surface area (Å²) in [5.41, 5.74) is 1.42. The van der Waals surface area contributed by atoms with Crippen molar-refractivity contribution in [1.29, 1.82) is 0 Å². The molecule has 0 bridgehead atoms. The molecule has 1 rings (SSSR count). The lowest BCUT2D eigenvalue weighted by molar-refractivity contribution is 0.152. The molecule has 0 aliphatic heterocycles. The van der Waals surface area contributed by atoms with E-state index in [0.717, 1.165) is 24.4 Å².